The Hall–Kier alpha value is -2.71. The second-order valence-electron chi connectivity index (χ2n) is 7.74. The van der Waals surface area contributed by atoms with Crippen molar-refractivity contribution < 1.29 is 9.32 Å². The Balaban J connectivity index is 0.00000256. The summed E-state index contributed by atoms with van der Waals surface area (Å²) in [5.74, 6) is 0.820. The average Bonchev–Trinajstić information content (AvgIpc) is 3.43. The summed E-state index contributed by atoms with van der Waals surface area (Å²) >= 11 is 0. The van der Waals surface area contributed by atoms with Crippen LogP contribution < -0.4 is 11.1 Å². The molecule has 1 aliphatic rings. The Morgan fingerprint density at radius 2 is 1.90 bits per heavy atom. The van der Waals surface area contributed by atoms with Gasteiger partial charge in [-0.3, -0.25) is 9.48 Å². The molecule has 0 radical (unpaired) electrons. The average molecular weight is 431 g/mol. The molecule has 2 heterocycles. The minimum absolute atomic E-state index is 0. The van der Waals surface area contributed by atoms with Gasteiger partial charge in [-0.05, 0) is 32.3 Å². The number of carbonyl (C=O) groups is 1. The lowest BCUT2D eigenvalue weighted by Crippen LogP contribution is -2.44. The highest BCUT2D eigenvalue weighted by Gasteiger charge is 2.43. The molecule has 0 aliphatic heterocycles. The van der Waals surface area contributed by atoms with Gasteiger partial charge in [-0.1, -0.05) is 42.3 Å². The maximum Gasteiger partial charge on any atom is 0.255 e. The zero-order chi connectivity index (χ0) is 20.6. The van der Waals surface area contributed by atoms with Gasteiger partial charge in [-0.25, -0.2) is 0 Å². The zero-order valence-electron chi connectivity index (χ0n) is 17.4. The van der Waals surface area contributed by atoms with Crippen LogP contribution in [0.2, 0.25) is 0 Å². The molecule has 1 amide bonds. The van der Waals surface area contributed by atoms with Gasteiger partial charge in [0.25, 0.3) is 11.8 Å². The molecule has 1 fully saturated rings. The predicted octanol–water partition coefficient (Wildman–Crippen LogP) is 3.17. The Kier molecular flexibility index (Phi) is 6.28. The van der Waals surface area contributed by atoms with Gasteiger partial charge in [0.15, 0.2) is 0 Å². The van der Waals surface area contributed by atoms with Crippen molar-refractivity contribution in [3.63, 3.8) is 0 Å². The number of nitrogens with two attached hydrogens (primary N) is 1. The molecule has 160 valence electrons. The van der Waals surface area contributed by atoms with E-state index in [-0.39, 0.29) is 18.3 Å². The molecule has 8 nitrogen and oxygen atoms in total. The molecule has 3 N–H and O–H groups in total. The second-order valence-corrected chi connectivity index (χ2v) is 7.74. The van der Waals surface area contributed by atoms with Gasteiger partial charge in [-0.2, -0.15) is 10.1 Å². The standard InChI is InChI=1S/C21H26N6O2.ClH/c1-13-17(14(2)27(3)25-13)19(28)24-21(10-4-5-11-21)20-23-18(26-29-20)16-8-6-15(12-22)7-9-16;/h6-9H,4-5,10-12,22H2,1-3H3,(H,24,28);1H. The molecular weight excluding hydrogens is 404 g/mol. The lowest BCUT2D eigenvalue weighted by atomic mass is 9.96. The topological polar surface area (TPSA) is 112 Å². The third-order valence-electron chi connectivity index (χ3n) is 5.83. The van der Waals surface area contributed by atoms with E-state index in [1.54, 1.807) is 4.68 Å². The van der Waals surface area contributed by atoms with E-state index < -0.39 is 5.54 Å². The molecule has 30 heavy (non-hydrogen) atoms. The largest absolute Gasteiger partial charge is 0.337 e. The minimum Gasteiger partial charge on any atom is -0.337 e. The SMILES string of the molecule is Cc1nn(C)c(C)c1C(=O)NC1(c2nc(-c3ccc(CN)cc3)no2)CCCC1.Cl. The van der Waals surface area contributed by atoms with Crippen LogP contribution in [0, 0.1) is 13.8 Å². The van der Waals surface area contributed by atoms with Gasteiger partial charge in [0.1, 0.15) is 5.54 Å². The second kappa shape index (κ2) is 8.57. The molecule has 0 unspecified atom stereocenters. The van der Waals surface area contributed by atoms with E-state index >= 15 is 0 Å². The summed E-state index contributed by atoms with van der Waals surface area (Å²) in [5.41, 5.74) is 9.07. The number of halogens is 1. The van der Waals surface area contributed by atoms with Crippen LogP contribution in [0.3, 0.4) is 0 Å². The third-order valence-corrected chi connectivity index (χ3v) is 5.83. The quantitative estimate of drug-likeness (QED) is 0.642. The molecule has 1 aromatic carbocycles. The van der Waals surface area contributed by atoms with E-state index in [4.69, 9.17) is 10.3 Å². The van der Waals surface area contributed by atoms with Gasteiger partial charge >= 0.3 is 0 Å². The van der Waals surface area contributed by atoms with Gasteiger partial charge in [0.2, 0.25) is 5.82 Å². The van der Waals surface area contributed by atoms with Crippen LogP contribution in [-0.4, -0.2) is 25.8 Å². The fourth-order valence-corrected chi connectivity index (χ4v) is 4.08. The molecule has 4 rings (SSSR count). The van der Waals surface area contributed by atoms with Gasteiger partial charge in [0, 0.05) is 24.8 Å². The number of carbonyl (C=O) groups excluding carboxylic acids is 1. The summed E-state index contributed by atoms with van der Waals surface area (Å²) in [4.78, 5) is 17.8. The first-order chi connectivity index (χ1) is 13.9. The Morgan fingerprint density at radius 1 is 1.23 bits per heavy atom. The Labute approximate surface area is 181 Å². The molecular formula is C21H27ClN6O2. The summed E-state index contributed by atoms with van der Waals surface area (Å²) in [6.07, 6.45) is 3.53. The Morgan fingerprint density at radius 3 is 2.47 bits per heavy atom. The summed E-state index contributed by atoms with van der Waals surface area (Å²) in [7, 11) is 1.84. The number of hydrogen-bond donors (Lipinski definition) is 2. The minimum atomic E-state index is -0.645. The van der Waals surface area contributed by atoms with E-state index in [1.807, 2.05) is 45.2 Å². The van der Waals surface area contributed by atoms with Crippen LogP contribution in [0.4, 0.5) is 0 Å². The number of nitrogens with one attached hydrogen (secondary N) is 1. The van der Waals surface area contributed by atoms with Crippen molar-refractivity contribution in [2.75, 3.05) is 0 Å². The number of amides is 1. The maximum atomic E-state index is 13.1. The first-order valence-corrected chi connectivity index (χ1v) is 9.90. The van der Waals surface area contributed by atoms with Crippen molar-refractivity contribution in [3.8, 4) is 11.4 Å². The predicted molar refractivity (Wildman–Crippen MR) is 115 cm³/mol. The summed E-state index contributed by atoms with van der Waals surface area (Å²) in [6, 6.07) is 7.76. The number of rotatable bonds is 5. The maximum absolute atomic E-state index is 13.1. The summed E-state index contributed by atoms with van der Waals surface area (Å²) in [6.45, 7) is 4.23. The van der Waals surface area contributed by atoms with Crippen LogP contribution in [0.5, 0.6) is 0 Å². The van der Waals surface area contributed by atoms with Crippen molar-refractivity contribution in [1.82, 2.24) is 25.2 Å². The number of aryl methyl sites for hydroxylation is 2. The van der Waals surface area contributed by atoms with Crippen LogP contribution in [0.25, 0.3) is 11.4 Å². The van der Waals surface area contributed by atoms with Crippen molar-refractivity contribution >= 4 is 18.3 Å². The monoisotopic (exact) mass is 430 g/mol. The molecule has 9 heteroatoms. The normalized spacial score (nSPS) is 15.1. The van der Waals surface area contributed by atoms with E-state index in [1.165, 1.54) is 0 Å². The highest BCUT2D eigenvalue weighted by Crippen LogP contribution is 2.39. The van der Waals surface area contributed by atoms with Gasteiger partial charge < -0.3 is 15.6 Å². The molecule has 1 saturated carbocycles. The van der Waals surface area contributed by atoms with Crippen LogP contribution in [-0.2, 0) is 19.1 Å². The smallest absolute Gasteiger partial charge is 0.255 e. The number of benzene rings is 1. The summed E-state index contributed by atoms with van der Waals surface area (Å²) in [5, 5.41) is 11.7. The highest BCUT2D eigenvalue weighted by molar-refractivity contribution is 5.96. The van der Waals surface area contributed by atoms with Crippen molar-refractivity contribution in [1.29, 1.82) is 0 Å². The van der Waals surface area contributed by atoms with Crippen molar-refractivity contribution in [2.45, 2.75) is 51.6 Å². The zero-order valence-corrected chi connectivity index (χ0v) is 18.3. The van der Waals surface area contributed by atoms with Crippen LogP contribution in [0.1, 0.15) is 58.9 Å². The van der Waals surface area contributed by atoms with E-state index in [0.29, 0.717) is 29.5 Å². The summed E-state index contributed by atoms with van der Waals surface area (Å²) < 4.78 is 7.37. The van der Waals surface area contributed by atoms with E-state index in [9.17, 15) is 4.79 Å². The molecule has 2 aromatic heterocycles. The molecule has 0 spiro atoms. The fraction of sp³-hybridized carbons (Fsp3) is 0.429. The first-order valence-electron chi connectivity index (χ1n) is 9.90. The first kappa shape index (κ1) is 22.0. The molecule has 0 saturated heterocycles. The van der Waals surface area contributed by atoms with E-state index in [2.05, 4.69) is 20.6 Å². The van der Waals surface area contributed by atoms with Crippen LogP contribution >= 0.6 is 12.4 Å². The van der Waals surface area contributed by atoms with Crippen molar-refractivity contribution in [3.05, 3.63) is 52.7 Å². The third kappa shape index (κ3) is 3.85. The number of aromatic nitrogens is 4. The molecule has 0 bridgehead atoms. The van der Waals surface area contributed by atoms with Crippen molar-refractivity contribution in [2.24, 2.45) is 12.8 Å². The number of nitrogens with zero attached hydrogens (tertiary/aromatic N) is 4. The molecule has 3 aromatic rings. The Bertz CT molecular complexity index is 1030. The van der Waals surface area contributed by atoms with E-state index in [0.717, 1.165) is 42.5 Å². The molecule has 1 aliphatic carbocycles. The van der Waals surface area contributed by atoms with Gasteiger partial charge in [-0.15, -0.1) is 12.4 Å². The highest BCUT2D eigenvalue weighted by atomic mass is 35.5. The lowest BCUT2D eigenvalue weighted by molar-refractivity contribution is 0.0873. The van der Waals surface area contributed by atoms with Crippen LogP contribution in [0.15, 0.2) is 28.8 Å². The number of hydrogen-bond acceptors (Lipinski definition) is 6. The lowest BCUT2D eigenvalue weighted by Gasteiger charge is -2.26. The van der Waals surface area contributed by atoms with Gasteiger partial charge in [0.05, 0.1) is 11.3 Å². The fourth-order valence-electron chi connectivity index (χ4n) is 4.08. The molecule has 0 atom stereocenters.